The molecule has 1 aromatic carbocycles. The fourth-order valence-corrected chi connectivity index (χ4v) is 4.12. The first-order chi connectivity index (χ1) is 14.5. The molecule has 154 valence electrons. The third kappa shape index (κ3) is 3.59. The van der Waals surface area contributed by atoms with E-state index in [9.17, 15) is 12.8 Å². The number of hydrogen-bond donors (Lipinski definition) is 1. The molecule has 3 aromatic heterocycles. The zero-order valence-corrected chi connectivity index (χ0v) is 16.5. The first-order valence-electron chi connectivity index (χ1n) is 9.29. The summed E-state index contributed by atoms with van der Waals surface area (Å²) in [6.45, 7) is 0.494. The van der Waals surface area contributed by atoms with E-state index in [4.69, 9.17) is 4.74 Å². The van der Waals surface area contributed by atoms with Crippen LogP contribution in [0.25, 0.3) is 5.65 Å². The third-order valence-corrected chi connectivity index (χ3v) is 5.96. The minimum absolute atomic E-state index is 0.0616. The van der Waals surface area contributed by atoms with Crippen molar-refractivity contribution in [1.82, 2.24) is 24.4 Å². The van der Waals surface area contributed by atoms with E-state index < -0.39 is 20.7 Å². The molecule has 0 unspecified atom stereocenters. The minimum Gasteiger partial charge on any atom is -0.475 e. The average Bonchev–Trinajstić information content (AvgIpc) is 3.20. The fraction of sp³-hybridized carbons (Fsp3) is 0.211. The number of rotatable bonds is 7. The van der Waals surface area contributed by atoms with Gasteiger partial charge in [0.15, 0.2) is 5.65 Å². The Hall–Kier alpha value is -3.47. The van der Waals surface area contributed by atoms with Crippen LogP contribution in [0.5, 0.6) is 5.88 Å². The molecule has 9 nitrogen and oxygen atoms in total. The Bertz CT molecular complexity index is 1320. The molecule has 0 amide bonds. The molecule has 1 saturated carbocycles. The number of nitrogens with one attached hydrogen (secondary N) is 1. The van der Waals surface area contributed by atoms with Crippen molar-refractivity contribution in [2.24, 2.45) is 0 Å². The summed E-state index contributed by atoms with van der Waals surface area (Å²) in [6.07, 6.45) is 5.43. The van der Waals surface area contributed by atoms with Crippen molar-refractivity contribution in [3.05, 3.63) is 66.2 Å². The maximum absolute atomic E-state index is 14.0. The summed E-state index contributed by atoms with van der Waals surface area (Å²) in [5.41, 5.74) is 1.28. The summed E-state index contributed by atoms with van der Waals surface area (Å²) in [6, 6.07) is 10.5. The van der Waals surface area contributed by atoms with Gasteiger partial charge in [0.1, 0.15) is 16.8 Å². The Kier molecular flexibility index (Phi) is 4.39. The van der Waals surface area contributed by atoms with Crippen LogP contribution in [0.15, 0.2) is 59.8 Å². The lowest BCUT2D eigenvalue weighted by atomic mass is 10.2. The van der Waals surface area contributed by atoms with E-state index in [1.807, 2.05) is 12.3 Å². The van der Waals surface area contributed by atoms with E-state index in [0.29, 0.717) is 18.1 Å². The van der Waals surface area contributed by atoms with Crippen LogP contribution in [0.1, 0.15) is 18.4 Å². The zero-order chi connectivity index (χ0) is 20.7. The van der Waals surface area contributed by atoms with Gasteiger partial charge in [0.2, 0.25) is 11.8 Å². The molecule has 1 N–H and O–H groups in total. The van der Waals surface area contributed by atoms with Crippen molar-refractivity contribution < 1.29 is 17.5 Å². The van der Waals surface area contributed by atoms with Gasteiger partial charge in [-0.25, -0.2) is 21.9 Å². The Morgan fingerprint density at radius 3 is 2.73 bits per heavy atom. The van der Waals surface area contributed by atoms with E-state index >= 15 is 0 Å². The first kappa shape index (κ1) is 18.6. The highest BCUT2D eigenvalue weighted by Gasteiger charge is 2.27. The second-order valence-corrected chi connectivity index (χ2v) is 8.63. The molecular formula is C19H17FN6O3S. The van der Waals surface area contributed by atoms with Crippen molar-refractivity contribution in [2.45, 2.75) is 30.4 Å². The van der Waals surface area contributed by atoms with Crippen LogP contribution in [0, 0.1) is 5.82 Å². The molecule has 0 atom stereocenters. The minimum atomic E-state index is -4.20. The summed E-state index contributed by atoms with van der Waals surface area (Å²) in [7, 11) is -4.20. The Balaban J connectivity index is 1.55. The van der Waals surface area contributed by atoms with Crippen LogP contribution < -0.4 is 9.46 Å². The van der Waals surface area contributed by atoms with Crippen LogP contribution in [-0.4, -0.2) is 38.9 Å². The molecule has 1 fully saturated rings. The maximum Gasteiger partial charge on any atom is 0.267 e. The van der Waals surface area contributed by atoms with Gasteiger partial charge >= 0.3 is 0 Å². The molecule has 5 rings (SSSR count). The number of sulfonamides is 1. The summed E-state index contributed by atoms with van der Waals surface area (Å²) < 4.78 is 51.0. The van der Waals surface area contributed by atoms with E-state index in [1.165, 1.54) is 22.6 Å². The lowest BCUT2D eigenvalue weighted by Crippen LogP contribution is -2.17. The van der Waals surface area contributed by atoms with Gasteiger partial charge in [-0.05, 0) is 42.7 Å². The molecule has 1 aliphatic rings. The number of hydrogen-bond acceptors (Lipinski definition) is 6. The largest absolute Gasteiger partial charge is 0.475 e. The van der Waals surface area contributed by atoms with Crippen LogP contribution >= 0.6 is 0 Å². The van der Waals surface area contributed by atoms with Gasteiger partial charge in [0.25, 0.3) is 10.0 Å². The molecule has 0 spiro atoms. The van der Waals surface area contributed by atoms with Gasteiger partial charge in [-0.2, -0.15) is 5.10 Å². The monoisotopic (exact) mass is 428 g/mol. The van der Waals surface area contributed by atoms with E-state index in [0.717, 1.165) is 24.5 Å². The Labute approximate surface area is 171 Å². The van der Waals surface area contributed by atoms with Gasteiger partial charge in [-0.15, -0.1) is 10.2 Å². The number of pyridine rings is 1. The quantitative estimate of drug-likeness (QED) is 0.485. The van der Waals surface area contributed by atoms with Crippen molar-refractivity contribution in [3.63, 3.8) is 0 Å². The van der Waals surface area contributed by atoms with Crippen molar-refractivity contribution >= 4 is 21.6 Å². The first-order valence-corrected chi connectivity index (χ1v) is 10.8. The molecule has 0 saturated heterocycles. The zero-order valence-electron chi connectivity index (χ0n) is 15.6. The topological polar surface area (TPSA) is 103 Å². The van der Waals surface area contributed by atoms with Crippen LogP contribution in [0.2, 0.25) is 0 Å². The molecule has 0 radical (unpaired) electrons. The molecule has 0 bridgehead atoms. The molecule has 11 heteroatoms. The average molecular weight is 428 g/mol. The summed E-state index contributed by atoms with van der Waals surface area (Å²) >= 11 is 0. The standard InChI is InChI=1S/C19H17FN6O3S/c20-15-4-1-2-5-16(15)30(27,28)24-19-23-22-17-10-13(12-25-9-3-8-21-25)11-18(26(17)19)29-14-6-7-14/h1-5,8-11,14H,6-7,12H2,(H,23,24). The van der Waals surface area contributed by atoms with Gasteiger partial charge in [0.05, 0.1) is 6.54 Å². The number of anilines is 1. The SMILES string of the molecule is O=S(=O)(Nc1nnc2cc(Cn3cccn3)cc(OC3CC3)n12)c1ccccc1F. The van der Waals surface area contributed by atoms with Gasteiger partial charge in [0, 0.05) is 18.5 Å². The highest BCUT2D eigenvalue weighted by Crippen LogP contribution is 2.30. The van der Waals surface area contributed by atoms with Gasteiger partial charge in [-0.3, -0.25) is 4.68 Å². The van der Waals surface area contributed by atoms with Crippen LogP contribution in [0.4, 0.5) is 10.3 Å². The number of aromatic nitrogens is 5. The Morgan fingerprint density at radius 1 is 1.17 bits per heavy atom. The number of ether oxygens (including phenoxy) is 1. The summed E-state index contributed by atoms with van der Waals surface area (Å²) in [4.78, 5) is -0.471. The third-order valence-electron chi connectivity index (χ3n) is 4.60. The second kappa shape index (κ2) is 7.10. The van der Waals surface area contributed by atoms with Gasteiger partial charge in [-0.1, -0.05) is 12.1 Å². The van der Waals surface area contributed by atoms with Crippen molar-refractivity contribution in [2.75, 3.05) is 4.72 Å². The molecule has 4 aromatic rings. The van der Waals surface area contributed by atoms with Crippen molar-refractivity contribution in [3.8, 4) is 5.88 Å². The molecule has 0 aliphatic heterocycles. The number of halogens is 1. The van der Waals surface area contributed by atoms with E-state index in [2.05, 4.69) is 20.0 Å². The summed E-state index contributed by atoms with van der Waals surface area (Å²) in [5.74, 6) is -0.516. The molecule has 1 aliphatic carbocycles. The second-order valence-electron chi connectivity index (χ2n) is 6.98. The number of benzene rings is 1. The van der Waals surface area contributed by atoms with E-state index in [-0.39, 0.29) is 12.1 Å². The van der Waals surface area contributed by atoms with Crippen LogP contribution in [0.3, 0.4) is 0 Å². The Morgan fingerprint density at radius 2 is 2.00 bits per heavy atom. The molecule has 3 heterocycles. The lowest BCUT2D eigenvalue weighted by Gasteiger charge is -2.13. The van der Waals surface area contributed by atoms with Crippen LogP contribution in [-0.2, 0) is 16.6 Å². The van der Waals surface area contributed by atoms with E-state index in [1.54, 1.807) is 23.0 Å². The normalized spacial score (nSPS) is 14.2. The highest BCUT2D eigenvalue weighted by molar-refractivity contribution is 7.92. The number of nitrogens with zero attached hydrogens (tertiary/aromatic N) is 5. The van der Waals surface area contributed by atoms with Gasteiger partial charge < -0.3 is 4.74 Å². The van der Waals surface area contributed by atoms with Crippen molar-refractivity contribution in [1.29, 1.82) is 0 Å². The molecular weight excluding hydrogens is 411 g/mol. The predicted molar refractivity (Wildman–Crippen MR) is 105 cm³/mol. The lowest BCUT2D eigenvalue weighted by molar-refractivity contribution is 0.287. The summed E-state index contributed by atoms with van der Waals surface area (Å²) in [5, 5.41) is 12.2. The molecule has 30 heavy (non-hydrogen) atoms. The highest BCUT2D eigenvalue weighted by atomic mass is 32.2. The predicted octanol–water partition coefficient (Wildman–Crippen LogP) is 2.46. The number of fused-ring (bicyclic) bond motifs is 1. The maximum atomic E-state index is 14.0. The fourth-order valence-electron chi connectivity index (χ4n) is 3.06. The smallest absolute Gasteiger partial charge is 0.267 e.